The Kier molecular flexibility index (Phi) is 7.04. The minimum absolute atomic E-state index is 0.128. The van der Waals surface area contributed by atoms with Gasteiger partial charge >= 0.3 is 5.69 Å². The Balaban J connectivity index is 2.15. The molecule has 1 aliphatic heterocycles. The van der Waals surface area contributed by atoms with Crippen LogP contribution in [-0.4, -0.2) is 46.7 Å². The zero-order chi connectivity index (χ0) is 24.3. The minimum atomic E-state index is -3.05. The van der Waals surface area contributed by atoms with Crippen molar-refractivity contribution in [3.8, 4) is 0 Å². The van der Waals surface area contributed by atoms with Gasteiger partial charge in [-0.05, 0) is 23.3 Å². The van der Waals surface area contributed by atoms with Gasteiger partial charge in [0.05, 0.1) is 12.7 Å². The number of unbranched alkanes of at least 4 members (excludes halogenated alkanes) is 1. The molecule has 8 heteroatoms. The fourth-order valence-corrected chi connectivity index (χ4v) is 11.5. The van der Waals surface area contributed by atoms with Crippen molar-refractivity contribution >= 4 is 18.4 Å². The molecule has 0 spiro atoms. The summed E-state index contributed by atoms with van der Waals surface area (Å²) in [6, 6.07) is 20.9. The Morgan fingerprint density at radius 1 is 1.09 bits per heavy atom. The first-order valence-electron chi connectivity index (χ1n) is 11.8. The molecule has 1 aromatic heterocycles. The average molecular weight is 481 g/mol. The molecule has 1 aliphatic rings. The van der Waals surface area contributed by atoms with Crippen molar-refractivity contribution < 1.29 is 14.9 Å². The van der Waals surface area contributed by atoms with E-state index in [-0.39, 0.29) is 13.0 Å². The summed E-state index contributed by atoms with van der Waals surface area (Å²) >= 11 is 0. The van der Waals surface area contributed by atoms with Gasteiger partial charge < -0.3 is 14.9 Å². The molecule has 3 N–H and O–H groups in total. The lowest BCUT2D eigenvalue weighted by Gasteiger charge is -2.48. The number of aryl methyl sites for hydroxylation is 1. The number of hydrogen-bond donors (Lipinski definition) is 3. The third-order valence-corrected chi connectivity index (χ3v) is 12.7. The molecule has 3 atom stereocenters. The number of rotatable bonds is 8. The third-order valence-electron chi connectivity index (χ3n) is 7.06. The van der Waals surface area contributed by atoms with Crippen LogP contribution in [0.3, 0.4) is 0 Å². The Morgan fingerprint density at radius 3 is 2.18 bits per heavy atom. The molecule has 34 heavy (non-hydrogen) atoms. The number of nitrogens with one attached hydrogen (secondary N) is 1. The molecule has 3 aromatic rings. The Labute approximate surface area is 199 Å². The number of aromatic amines is 1. The summed E-state index contributed by atoms with van der Waals surface area (Å²) in [5.41, 5.74) is -0.653. The first-order valence-corrected chi connectivity index (χ1v) is 14.0. The molecule has 7 nitrogen and oxygen atoms in total. The van der Waals surface area contributed by atoms with Crippen LogP contribution in [0.4, 0.5) is 0 Å². The SMILES string of the molecule is CCCC[Si](c1ccccc1)(c1ccccc1)[C@]1(n2cc(C)c(=O)[nH]c2=O)C[C@H](O)[C@@H](CO)O1. The van der Waals surface area contributed by atoms with E-state index in [0.717, 1.165) is 29.3 Å². The lowest BCUT2D eigenvalue weighted by atomic mass is 10.2. The topological polar surface area (TPSA) is 105 Å². The van der Waals surface area contributed by atoms with Crippen LogP contribution in [-0.2, 0) is 10.1 Å². The van der Waals surface area contributed by atoms with E-state index in [2.05, 4.69) is 36.2 Å². The van der Waals surface area contributed by atoms with Crippen molar-refractivity contribution in [3.05, 3.63) is 93.3 Å². The van der Waals surface area contributed by atoms with Gasteiger partial charge in [-0.2, -0.15) is 0 Å². The predicted molar refractivity (Wildman–Crippen MR) is 134 cm³/mol. The molecule has 0 bridgehead atoms. The fraction of sp³-hybridized carbons (Fsp3) is 0.385. The molecule has 0 saturated carbocycles. The molecule has 1 saturated heterocycles. The maximum atomic E-state index is 13.4. The molecule has 0 unspecified atom stereocenters. The van der Waals surface area contributed by atoms with Gasteiger partial charge in [-0.1, -0.05) is 80.4 Å². The molecule has 2 aromatic carbocycles. The lowest BCUT2D eigenvalue weighted by Crippen LogP contribution is -2.75. The van der Waals surface area contributed by atoms with E-state index in [4.69, 9.17) is 4.74 Å². The highest BCUT2D eigenvalue weighted by Gasteiger charge is 2.63. The van der Waals surface area contributed by atoms with Gasteiger partial charge in [-0.3, -0.25) is 14.3 Å². The number of H-pyrrole nitrogens is 1. The number of aliphatic hydroxyl groups is 2. The van der Waals surface area contributed by atoms with Gasteiger partial charge in [0.15, 0.2) is 8.07 Å². The molecule has 0 amide bonds. The number of aromatic nitrogens is 2. The summed E-state index contributed by atoms with van der Waals surface area (Å²) in [6.07, 6.45) is 1.69. The maximum Gasteiger partial charge on any atom is 0.330 e. The number of nitrogens with zero attached hydrogens (tertiary/aromatic N) is 1. The van der Waals surface area contributed by atoms with E-state index in [1.165, 1.54) is 4.57 Å². The van der Waals surface area contributed by atoms with Crippen LogP contribution >= 0.6 is 0 Å². The quantitative estimate of drug-likeness (QED) is 0.421. The van der Waals surface area contributed by atoms with Gasteiger partial charge in [0.2, 0.25) is 0 Å². The van der Waals surface area contributed by atoms with Crippen LogP contribution in [0.2, 0.25) is 6.04 Å². The van der Waals surface area contributed by atoms with Crippen LogP contribution in [0.25, 0.3) is 0 Å². The predicted octanol–water partition coefficient (Wildman–Crippen LogP) is 1.24. The van der Waals surface area contributed by atoms with Gasteiger partial charge in [0.25, 0.3) is 5.56 Å². The molecule has 0 radical (unpaired) electrons. The van der Waals surface area contributed by atoms with E-state index in [9.17, 15) is 19.8 Å². The average Bonchev–Trinajstić information content (AvgIpc) is 3.20. The minimum Gasteiger partial charge on any atom is -0.394 e. The molecule has 4 rings (SSSR count). The second-order valence-corrected chi connectivity index (χ2v) is 13.3. The monoisotopic (exact) mass is 480 g/mol. The first kappa shape index (κ1) is 24.3. The summed E-state index contributed by atoms with van der Waals surface area (Å²) in [5, 5.41) is 22.0. The molecular weight excluding hydrogens is 448 g/mol. The number of hydrogen-bond acceptors (Lipinski definition) is 5. The van der Waals surface area contributed by atoms with Crippen molar-refractivity contribution in [1.82, 2.24) is 9.55 Å². The van der Waals surface area contributed by atoms with Crippen LogP contribution in [0.15, 0.2) is 76.4 Å². The highest BCUT2D eigenvalue weighted by atomic mass is 28.3. The van der Waals surface area contributed by atoms with Crippen LogP contribution < -0.4 is 21.6 Å². The standard InChI is InChI=1S/C26H32N2O5Si/c1-3-4-15-34(20-11-7-5-8-12-20,21-13-9-6-10-14-21)26(16-22(30)23(18-29)33-26)28-17-19(2)24(31)27-25(28)32/h5-14,17,22-23,29-30H,3-4,15-16,18H2,1-2H3,(H,27,31,32)/t22-,23+,26-/m0/s1. The molecule has 2 heterocycles. The van der Waals surface area contributed by atoms with Crippen LogP contribution in [0.1, 0.15) is 31.7 Å². The lowest BCUT2D eigenvalue weighted by molar-refractivity contribution is -0.0751. The summed E-state index contributed by atoms with van der Waals surface area (Å²) in [6.45, 7) is 3.40. The Morgan fingerprint density at radius 2 is 1.68 bits per heavy atom. The van der Waals surface area contributed by atoms with E-state index in [1.54, 1.807) is 13.1 Å². The second-order valence-electron chi connectivity index (χ2n) is 9.08. The summed E-state index contributed by atoms with van der Waals surface area (Å²) in [7, 11) is -3.05. The van der Waals surface area contributed by atoms with Gasteiger partial charge in [0, 0.05) is 18.2 Å². The Hall–Kier alpha value is -2.78. The molecule has 180 valence electrons. The van der Waals surface area contributed by atoms with Crippen molar-refractivity contribution in [3.63, 3.8) is 0 Å². The van der Waals surface area contributed by atoms with Gasteiger partial charge in [-0.25, -0.2) is 4.79 Å². The van der Waals surface area contributed by atoms with E-state index in [1.807, 2.05) is 36.4 Å². The highest BCUT2D eigenvalue weighted by molar-refractivity contribution is 7.03. The summed E-state index contributed by atoms with van der Waals surface area (Å²) in [4.78, 5) is 28.1. The normalized spacial score (nSPS) is 22.7. The van der Waals surface area contributed by atoms with Crippen molar-refractivity contribution in [1.29, 1.82) is 0 Å². The number of aliphatic hydroxyl groups excluding tert-OH is 2. The largest absolute Gasteiger partial charge is 0.394 e. The second kappa shape index (κ2) is 9.83. The van der Waals surface area contributed by atoms with Crippen molar-refractivity contribution in [2.75, 3.05) is 6.61 Å². The third kappa shape index (κ3) is 3.90. The maximum absolute atomic E-state index is 13.4. The van der Waals surface area contributed by atoms with E-state index < -0.39 is 36.9 Å². The summed E-state index contributed by atoms with van der Waals surface area (Å²) < 4.78 is 8.14. The van der Waals surface area contributed by atoms with Crippen LogP contribution in [0, 0.1) is 6.92 Å². The van der Waals surface area contributed by atoms with Gasteiger partial charge in [-0.15, -0.1) is 0 Å². The van der Waals surface area contributed by atoms with Crippen LogP contribution in [0.5, 0.6) is 0 Å². The zero-order valence-electron chi connectivity index (χ0n) is 19.6. The number of ether oxygens (including phenoxy) is 1. The van der Waals surface area contributed by atoms with E-state index >= 15 is 0 Å². The smallest absolute Gasteiger partial charge is 0.330 e. The first-order chi connectivity index (χ1) is 16.4. The fourth-order valence-electron chi connectivity index (χ4n) is 5.41. The summed E-state index contributed by atoms with van der Waals surface area (Å²) in [5.74, 6) is 0. The Bertz CT molecular complexity index is 1190. The molecule has 1 fully saturated rings. The molecular formula is C26H32N2O5Si. The van der Waals surface area contributed by atoms with Gasteiger partial charge in [0.1, 0.15) is 11.5 Å². The highest BCUT2D eigenvalue weighted by Crippen LogP contribution is 2.44. The number of benzene rings is 2. The van der Waals surface area contributed by atoms with Crippen molar-refractivity contribution in [2.45, 2.75) is 56.7 Å². The van der Waals surface area contributed by atoms with E-state index in [0.29, 0.717) is 5.56 Å². The van der Waals surface area contributed by atoms with Crippen molar-refractivity contribution in [2.24, 2.45) is 0 Å². The molecule has 0 aliphatic carbocycles. The zero-order valence-corrected chi connectivity index (χ0v) is 20.6.